The third-order valence-electron chi connectivity index (χ3n) is 4.06. The number of hydrogen-bond donors (Lipinski definition) is 0. The highest BCUT2D eigenvalue weighted by molar-refractivity contribution is 5.74. The molecule has 4 heteroatoms. The topological polar surface area (TPSA) is 38.2 Å². The molecule has 1 saturated heterocycles. The fourth-order valence-electron chi connectivity index (χ4n) is 2.77. The van der Waals surface area contributed by atoms with E-state index in [1.165, 1.54) is 0 Å². The van der Waals surface area contributed by atoms with Gasteiger partial charge in [-0.25, -0.2) is 9.97 Å². The molecule has 0 saturated carbocycles. The SMILES string of the molecule is Cc1nc2ccccc2nc1CN(C)C1CCOCC1. The lowest BCUT2D eigenvalue weighted by Crippen LogP contribution is -2.36. The van der Waals surface area contributed by atoms with Gasteiger partial charge in [0.15, 0.2) is 0 Å². The molecule has 0 atom stereocenters. The summed E-state index contributed by atoms with van der Waals surface area (Å²) in [6, 6.07) is 8.65. The summed E-state index contributed by atoms with van der Waals surface area (Å²) >= 11 is 0. The molecule has 0 aliphatic carbocycles. The number of fused-ring (bicyclic) bond motifs is 1. The van der Waals surface area contributed by atoms with Gasteiger partial charge in [-0.05, 0) is 38.9 Å². The van der Waals surface area contributed by atoms with Crippen LogP contribution in [0.2, 0.25) is 0 Å². The Kier molecular flexibility index (Phi) is 3.94. The number of aromatic nitrogens is 2. The first-order valence-corrected chi connectivity index (χ1v) is 7.24. The van der Waals surface area contributed by atoms with E-state index in [2.05, 4.69) is 16.9 Å². The average Bonchev–Trinajstić information content (AvgIpc) is 2.49. The van der Waals surface area contributed by atoms with Crippen LogP contribution in [0.15, 0.2) is 24.3 Å². The summed E-state index contributed by atoms with van der Waals surface area (Å²) in [6.07, 6.45) is 2.22. The van der Waals surface area contributed by atoms with Crippen LogP contribution in [0, 0.1) is 6.92 Å². The van der Waals surface area contributed by atoms with E-state index >= 15 is 0 Å². The Morgan fingerprint density at radius 2 is 1.80 bits per heavy atom. The molecule has 1 aromatic heterocycles. The zero-order chi connectivity index (χ0) is 13.9. The summed E-state index contributed by atoms with van der Waals surface area (Å²) < 4.78 is 5.43. The first-order chi connectivity index (χ1) is 9.74. The number of ether oxygens (including phenoxy) is 1. The number of nitrogens with zero attached hydrogens (tertiary/aromatic N) is 3. The highest BCUT2D eigenvalue weighted by Gasteiger charge is 2.19. The smallest absolute Gasteiger partial charge is 0.0890 e. The second kappa shape index (κ2) is 5.85. The van der Waals surface area contributed by atoms with Crippen molar-refractivity contribution in [1.82, 2.24) is 14.9 Å². The molecular formula is C16H21N3O. The molecule has 0 radical (unpaired) electrons. The maximum atomic E-state index is 5.43. The van der Waals surface area contributed by atoms with Crippen molar-refractivity contribution in [3.05, 3.63) is 35.7 Å². The summed E-state index contributed by atoms with van der Waals surface area (Å²) in [7, 11) is 2.17. The molecule has 1 aliphatic rings. The normalized spacial score (nSPS) is 16.9. The van der Waals surface area contributed by atoms with E-state index in [1.807, 2.05) is 31.2 Å². The number of rotatable bonds is 3. The quantitative estimate of drug-likeness (QED) is 0.860. The molecule has 4 nitrogen and oxygen atoms in total. The molecule has 0 N–H and O–H groups in total. The minimum absolute atomic E-state index is 0.594. The number of benzene rings is 1. The van der Waals surface area contributed by atoms with E-state index in [4.69, 9.17) is 9.72 Å². The van der Waals surface area contributed by atoms with Crippen LogP contribution in [0.1, 0.15) is 24.2 Å². The van der Waals surface area contributed by atoms with Crippen LogP contribution in [0.25, 0.3) is 11.0 Å². The monoisotopic (exact) mass is 271 g/mol. The molecule has 0 unspecified atom stereocenters. The van der Waals surface area contributed by atoms with Crippen LogP contribution in [0.4, 0.5) is 0 Å². The van der Waals surface area contributed by atoms with Gasteiger partial charge in [0.25, 0.3) is 0 Å². The molecule has 2 heterocycles. The maximum absolute atomic E-state index is 5.43. The molecule has 0 spiro atoms. The maximum Gasteiger partial charge on any atom is 0.0890 e. The molecule has 1 fully saturated rings. The Bertz CT molecular complexity index is 593. The average molecular weight is 271 g/mol. The number of hydrogen-bond acceptors (Lipinski definition) is 4. The van der Waals surface area contributed by atoms with Crippen molar-refractivity contribution in [3.8, 4) is 0 Å². The van der Waals surface area contributed by atoms with Crippen LogP contribution in [0.5, 0.6) is 0 Å². The summed E-state index contributed by atoms with van der Waals surface area (Å²) in [6.45, 7) is 4.65. The molecular weight excluding hydrogens is 250 g/mol. The zero-order valence-corrected chi connectivity index (χ0v) is 12.2. The molecule has 1 aliphatic heterocycles. The molecule has 1 aromatic carbocycles. The van der Waals surface area contributed by atoms with Gasteiger partial charge in [-0.15, -0.1) is 0 Å². The summed E-state index contributed by atoms with van der Waals surface area (Å²) in [4.78, 5) is 11.8. The Hall–Kier alpha value is -1.52. The second-order valence-corrected chi connectivity index (χ2v) is 5.50. The summed E-state index contributed by atoms with van der Waals surface area (Å²) in [5.74, 6) is 0. The van der Waals surface area contributed by atoms with Crippen LogP contribution in [-0.4, -0.2) is 41.2 Å². The largest absolute Gasteiger partial charge is 0.381 e. The van der Waals surface area contributed by atoms with Crippen molar-refractivity contribution in [3.63, 3.8) is 0 Å². The third kappa shape index (κ3) is 2.81. The lowest BCUT2D eigenvalue weighted by Gasteiger charge is -2.31. The standard InChI is InChI=1S/C16H21N3O/c1-12-16(11-19(2)13-7-9-20-10-8-13)18-15-6-4-3-5-14(15)17-12/h3-6,13H,7-11H2,1-2H3. The van der Waals surface area contributed by atoms with E-state index in [1.54, 1.807) is 0 Å². The molecule has 0 amide bonds. The van der Waals surface area contributed by atoms with Crippen molar-refractivity contribution in [2.75, 3.05) is 20.3 Å². The minimum Gasteiger partial charge on any atom is -0.381 e. The summed E-state index contributed by atoms with van der Waals surface area (Å²) in [5.41, 5.74) is 4.07. The number of aryl methyl sites for hydroxylation is 1. The lowest BCUT2D eigenvalue weighted by atomic mass is 10.1. The Morgan fingerprint density at radius 1 is 1.15 bits per heavy atom. The Labute approximate surface area is 119 Å². The minimum atomic E-state index is 0.594. The molecule has 106 valence electrons. The molecule has 20 heavy (non-hydrogen) atoms. The Morgan fingerprint density at radius 3 is 2.50 bits per heavy atom. The Balaban J connectivity index is 1.80. The van der Waals surface area contributed by atoms with Gasteiger partial charge < -0.3 is 4.74 Å². The molecule has 0 bridgehead atoms. The van der Waals surface area contributed by atoms with Gasteiger partial charge >= 0.3 is 0 Å². The van der Waals surface area contributed by atoms with Gasteiger partial charge in [0.1, 0.15) is 0 Å². The third-order valence-corrected chi connectivity index (χ3v) is 4.06. The van der Waals surface area contributed by atoms with E-state index in [0.717, 1.165) is 55.0 Å². The van der Waals surface area contributed by atoms with Crippen molar-refractivity contribution >= 4 is 11.0 Å². The van der Waals surface area contributed by atoms with Crippen LogP contribution in [0.3, 0.4) is 0 Å². The molecule has 3 rings (SSSR count). The van der Waals surface area contributed by atoms with Crippen LogP contribution < -0.4 is 0 Å². The van der Waals surface area contributed by atoms with Gasteiger partial charge in [-0.1, -0.05) is 12.1 Å². The van der Waals surface area contributed by atoms with E-state index in [0.29, 0.717) is 6.04 Å². The zero-order valence-electron chi connectivity index (χ0n) is 12.2. The van der Waals surface area contributed by atoms with Crippen LogP contribution >= 0.6 is 0 Å². The highest BCUT2D eigenvalue weighted by atomic mass is 16.5. The van der Waals surface area contributed by atoms with Crippen molar-refractivity contribution in [2.24, 2.45) is 0 Å². The first-order valence-electron chi connectivity index (χ1n) is 7.24. The van der Waals surface area contributed by atoms with Crippen LogP contribution in [-0.2, 0) is 11.3 Å². The summed E-state index contributed by atoms with van der Waals surface area (Å²) in [5, 5.41) is 0. The second-order valence-electron chi connectivity index (χ2n) is 5.50. The fourth-order valence-corrected chi connectivity index (χ4v) is 2.77. The van der Waals surface area contributed by atoms with E-state index in [9.17, 15) is 0 Å². The predicted octanol–water partition coefficient (Wildman–Crippen LogP) is 2.55. The van der Waals surface area contributed by atoms with E-state index < -0.39 is 0 Å². The number of para-hydroxylation sites is 2. The van der Waals surface area contributed by atoms with Gasteiger partial charge in [0.2, 0.25) is 0 Å². The van der Waals surface area contributed by atoms with Crippen molar-refractivity contribution in [1.29, 1.82) is 0 Å². The molecule has 2 aromatic rings. The van der Waals surface area contributed by atoms with Gasteiger partial charge in [-0.3, -0.25) is 4.90 Å². The first kappa shape index (κ1) is 13.5. The lowest BCUT2D eigenvalue weighted by molar-refractivity contribution is 0.0403. The van der Waals surface area contributed by atoms with Gasteiger partial charge in [0.05, 0.1) is 22.4 Å². The van der Waals surface area contributed by atoms with Gasteiger partial charge in [0, 0.05) is 25.8 Å². The van der Waals surface area contributed by atoms with E-state index in [-0.39, 0.29) is 0 Å². The highest BCUT2D eigenvalue weighted by Crippen LogP contribution is 2.18. The van der Waals surface area contributed by atoms with Crippen molar-refractivity contribution in [2.45, 2.75) is 32.4 Å². The fraction of sp³-hybridized carbons (Fsp3) is 0.500. The van der Waals surface area contributed by atoms with Gasteiger partial charge in [-0.2, -0.15) is 0 Å². The predicted molar refractivity (Wildman–Crippen MR) is 79.6 cm³/mol. The van der Waals surface area contributed by atoms with Crippen molar-refractivity contribution < 1.29 is 4.74 Å².